The van der Waals surface area contributed by atoms with E-state index < -0.39 is 0 Å². The molecule has 0 aromatic carbocycles. The van der Waals surface area contributed by atoms with Crippen molar-refractivity contribution in [1.82, 2.24) is 0 Å². The fraction of sp³-hybridized carbons (Fsp3) is 0.800. The molecule has 7 heavy (non-hydrogen) atoms. The lowest BCUT2D eigenvalue weighted by molar-refractivity contribution is -0.114. The third kappa shape index (κ3) is 542. The highest BCUT2D eigenvalue weighted by molar-refractivity contribution is 5.72. The standard InChI is InChI=1S/C3H6O.C2H6O/c1-3(2)4;1-2-3/h1-2H3;3H,2H2,1H3. The van der Waals surface area contributed by atoms with Crippen LogP contribution < -0.4 is 0 Å². The molecule has 0 spiro atoms. The zero-order chi connectivity index (χ0) is 6.28. The van der Waals surface area contributed by atoms with Crippen molar-refractivity contribution in [2.45, 2.75) is 20.8 Å². The zero-order valence-electron chi connectivity index (χ0n) is 5.06. The zero-order valence-corrected chi connectivity index (χ0v) is 5.06. The predicted octanol–water partition coefficient (Wildman–Crippen LogP) is 0.594. The highest BCUT2D eigenvalue weighted by Gasteiger charge is 1.62. The number of Topliss-reactive ketones (excluding diaryl/α,β-unsaturated/α-hetero) is 1. The van der Waals surface area contributed by atoms with Crippen molar-refractivity contribution in [2.24, 2.45) is 0 Å². The Kier molecular flexibility index (Phi) is 12.8. The van der Waals surface area contributed by atoms with E-state index in [9.17, 15) is 4.79 Å². The Morgan fingerprint density at radius 3 is 1.57 bits per heavy atom. The van der Waals surface area contributed by atoms with Gasteiger partial charge in [-0.2, -0.15) is 0 Å². The molecule has 0 aromatic rings. The molecule has 2 nitrogen and oxygen atoms in total. The Hall–Kier alpha value is -0.370. The van der Waals surface area contributed by atoms with Crippen LogP contribution in [-0.4, -0.2) is 17.5 Å². The van der Waals surface area contributed by atoms with Crippen LogP contribution in [0.15, 0.2) is 0 Å². The van der Waals surface area contributed by atoms with Crippen molar-refractivity contribution in [3.8, 4) is 0 Å². The van der Waals surface area contributed by atoms with Crippen molar-refractivity contribution < 1.29 is 9.90 Å². The van der Waals surface area contributed by atoms with Gasteiger partial charge in [-0.25, -0.2) is 0 Å². The van der Waals surface area contributed by atoms with Crippen LogP contribution in [0, 0.1) is 0 Å². The molecule has 0 aliphatic carbocycles. The molecular formula is C5H12O2. The molecule has 0 bridgehead atoms. The van der Waals surface area contributed by atoms with Gasteiger partial charge in [0.2, 0.25) is 0 Å². The third-order valence-electron chi connectivity index (χ3n) is 0. The Bertz CT molecular complexity index is 37.3. The Morgan fingerprint density at radius 2 is 1.57 bits per heavy atom. The van der Waals surface area contributed by atoms with Crippen molar-refractivity contribution in [1.29, 1.82) is 0 Å². The van der Waals surface area contributed by atoms with Crippen molar-refractivity contribution in [3.05, 3.63) is 0 Å². The fourth-order valence-electron chi connectivity index (χ4n) is 0. The summed E-state index contributed by atoms with van der Waals surface area (Å²) in [4.78, 5) is 9.44. The van der Waals surface area contributed by atoms with Gasteiger partial charge in [0, 0.05) is 6.61 Å². The lowest BCUT2D eigenvalue weighted by Crippen LogP contribution is -1.69. The van der Waals surface area contributed by atoms with E-state index in [1.165, 1.54) is 13.8 Å². The minimum Gasteiger partial charge on any atom is -0.397 e. The van der Waals surface area contributed by atoms with E-state index in [-0.39, 0.29) is 12.4 Å². The molecule has 44 valence electrons. The van der Waals surface area contributed by atoms with Crippen LogP contribution in [-0.2, 0) is 4.79 Å². The Balaban J connectivity index is 0. The second kappa shape index (κ2) is 9.16. The molecule has 0 saturated carbocycles. The average molecular weight is 104 g/mol. The maximum Gasteiger partial charge on any atom is 0.126 e. The first-order chi connectivity index (χ1) is 3.15. The summed E-state index contributed by atoms with van der Waals surface area (Å²) < 4.78 is 0. The van der Waals surface area contributed by atoms with Crippen LogP contribution in [0.1, 0.15) is 20.8 Å². The smallest absolute Gasteiger partial charge is 0.126 e. The maximum absolute atomic E-state index is 9.44. The molecule has 0 rings (SSSR count). The van der Waals surface area contributed by atoms with Gasteiger partial charge in [-0.1, -0.05) is 0 Å². The molecule has 0 aromatic heterocycles. The molecular weight excluding hydrogens is 92.1 g/mol. The topological polar surface area (TPSA) is 37.3 Å². The average Bonchev–Trinajstić information content (AvgIpc) is 1.33. The van der Waals surface area contributed by atoms with Crippen LogP contribution in [0.3, 0.4) is 0 Å². The molecule has 0 atom stereocenters. The van der Waals surface area contributed by atoms with Crippen LogP contribution >= 0.6 is 0 Å². The monoisotopic (exact) mass is 104 g/mol. The second-order valence-electron chi connectivity index (χ2n) is 1.22. The number of hydrogen-bond donors (Lipinski definition) is 1. The number of rotatable bonds is 0. The number of carbonyl (C=O) groups excluding carboxylic acids is 1. The molecule has 2 heteroatoms. The summed E-state index contributed by atoms with van der Waals surface area (Å²) in [7, 11) is 0. The van der Waals surface area contributed by atoms with Gasteiger partial charge in [-0.15, -0.1) is 0 Å². The SMILES string of the molecule is CC(C)=O.CCO. The highest BCUT2D eigenvalue weighted by Crippen LogP contribution is 1.50. The van der Waals surface area contributed by atoms with E-state index >= 15 is 0 Å². The van der Waals surface area contributed by atoms with Crippen LogP contribution in [0.2, 0.25) is 0 Å². The van der Waals surface area contributed by atoms with E-state index in [1.54, 1.807) is 6.92 Å². The number of ketones is 1. The third-order valence-corrected chi connectivity index (χ3v) is 0. The van der Waals surface area contributed by atoms with Gasteiger partial charge in [0.15, 0.2) is 0 Å². The van der Waals surface area contributed by atoms with Crippen molar-refractivity contribution >= 4 is 5.78 Å². The van der Waals surface area contributed by atoms with Crippen LogP contribution in [0.5, 0.6) is 0 Å². The summed E-state index contributed by atoms with van der Waals surface area (Å²) in [6, 6.07) is 0. The van der Waals surface area contributed by atoms with Gasteiger partial charge >= 0.3 is 0 Å². The van der Waals surface area contributed by atoms with Crippen LogP contribution in [0.25, 0.3) is 0 Å². The van der Waals surface area contributed by atoms with Crippen molar-refractivity contribution in [3.63, 3.8) is 0 Å². The predicted molar refractivity (Wildman–Crippen MR) is 29.1 cm³/mol. The number of aliphatic hydroxyl groups is 1. The Morgan fingerprint density at radius 1 is 1.57 bits per heavy atom. The molecule has 0 heterocycles. The Labute approximate surface area is 44.2 Å². The maximum atomic E-state index is 9.44. The molecule has 0 saturated heterocycles. The summed E-state index contributed by atoms with van der Waals surface area (Å²) in [5.41, 5.74) is 0. The minimum absolute atomic E-state index is 0.167. The summed E-state index contributed by atoms with van der Waals surface area (Å²) in [6.07, 6.45) is 0. The second-order valence-corrected chi connectivity index (χ2v) is 1.22. The molecule has 0 unspecified atom stereocenters. The minimum atomic E-state index is 0.167. The van der Waals surface area contributed by atoms with Gasteiger partial charge in [0.1, 0.15) is 5.78 Å². The molecule has 0 fully saturated rings. The fourth-order valence-corrected chi connectivity index (χ4v) is 0. The van der Waals surface area contributed by atoms with Gasteiger partial charge in [0.05, 0.1) is 0 Å². The van der Waals surface area contributed by atoms with Gasteiger partial charge < -0.3 is 9.90 Å². The van der Waals surface area contributed by atoms with E-state index in [1.807, 2.05) is 0 Å². The summed E-state index contributed by atoms with van der Waals surface area (Å²) >= 11 is 0. The quantitative estimate of drug-likeness (QED) is 0.488. The van der Waals surface area contributed by atoms with E-state index in [0.717, 1.165) is 0 Å². The van der Waals surface area contributed by atoms with Gasteiger partial charge in [-0.05, 0) is 20.8 Å². The number of carbonyl (C=O) groups is 1. The normalized spacial score (nSPS) is 6.29. The largest absolute Gasteiger partial charge is 0.397 e. The summed E-state index contributed by atoms with van der Waals surface area (Å²) in [5, 5.41) is 7.57. The first-order valence-corrected chi connectivity index (χ1v) is 2.23. The van der Waals surface area contributed by atoms with Crippen molar-refractivity contribution in [2.75, 3.05) is 6.61 Å². The lowest BCUT2D eigenvalue weighted by Gasteiger charge is -1.56. The number of hydrogen-bond acceptors (Lipinski definition) is 2. The highest BCUT2D eigenvalue weighted by atomic mass is 16.2. The van der Waals surface area contributed by atoms with Gasteiger partial charge in [-0.3, -0.25) is 0 Å². The molecule has 0 amide bonds. The molecule has 0 aliphatic rings. The summed E-state index contributed by atoms with van der Waals surface area (Å²) in [5.74, 6) is 0.167. The molecule has 1 N–H and O–H groups in total. The van der Waals surface area contributed by atoms with E-state index in [0.29, 0.717) is 0 Å². The summed E-state index contributed by atoms with van der Waals surface area (Å²) in [6.45, 7) is 4.99. The lowest BCUT2D eigenvalue weighted by atomic mass is 10.6. The van der Waals surface area contributed by atoms with E-state index in [4.69, 9.17) is 5.11 Å². The van der Waals surface area contributed by atoms with Crippen LogP contribution in [0.4, 0.5) is 0 Å². The first kappa shape index (κ1) is 9.80. The number of aliphatic hydroxyl groups excluding tert-OH is 1. The van der Waals surface area contributed by atoms with Gasteiger partial charge in [0.25, 0.3) is 0 Å². The van der Waals surface area contributed by atoms with E-state index in [2.05, 4.69) is 0 Å². The first-order valence-electron chi connectivity index (χ1n) is 2.23. The molecule has 0 aliphatic heterocycles. The molecule has 0 radical (unpaired) electrons.